The molecular formula is C11H16N2O3. The monoisotopic (exact) mass is 224 g/mol. The summed E-state index contributed by atoms with van der Waals surface area (Å²) in [5.41, 5.74) is 1.06. The molecule has 0 aromatic carbocycles. The molecule has 0 bridgehead atoms. The van der Waals surface area contributed by atoms with Crippen molar-refractivity contribution in [2.24, 2.45) is 0 Å². The van der Waals surface area contributed by atoms with Crippen molar-refractivity contribution in [2.45, 2.75) is 18.7 Å². The Morgan fingerprint density at radius 1 is 1.56 bits per heavy atom. The molecule has 1 fully saturated rings. The second kappa shape index (κ2) is 5.25. The van der Waals surface area contributed by atoms with Gasteiger partial charge in [-0.05, 0) is 5.56 Å². The van der Waals surface area contributed by atoms with Crippen molar-refractivity contribution in [2.75, 3.05) is 20.3 Å². The van der Waals surface area contributed by atoms with Crippen LogP contribution in [0, 0.1) is 0 Å². The number of methoxy groups -OCH3 is 1. The highest BCUT2D eigenvalue weighted by molar-refractivity contribution is 5.17. The minimum absolute atomic E-state index is 0.0158. The molecule has 88 valence electrons. The zero-order valence-electron chi connectivity index (χ0n) is 9.22. The fourth-order valence-corrected chi connectivity index (χ4v) is 1.62. The van der Waals surface area contributed by atoms with Gasteiger partial charge in [-0.15, -0.1) is 0 Å². The summed E-state index contributed by atoms with van der Waals surface area (Å²) in [6, 6.07) is 3.78. The Labute approximate surface area is 94.4 Å². The molecular weight excluding hydrogens is 208 g/mol. The number of hydrogen-bond donors (Lipinski definition) is 2. The van der Waals surface area contributed by atoms with Gasteiger partial charge in [-0.3, -0.25) is 0 Å². The summed E-state index contributed by atoms with van der Waals surface area (Å²) < 4.78 is 10.1. The highest BCUT2D eigenvalue weighted by atomic mass is 16.5. The molecule has 2 rings (SSSR count). The molecule has 1 aliphatic heterocycles. The van der Waals surface area contributed by atoms with Crippen molar-refractivity contribution >= 4 is 0 Å². The van der Waals surface area contributed by atoms with Gasteiger partial charge in [0, 0.05) is 18.8 Å². The topological polar surface area (TPSA) is 63.6 Å². The Balaban J connectivity index is 1.84. The number of ether oxygens (including phenoxy) is 2. The second-order valence-electron chi connectivity index (χ2n) is 3.80. The van der Waals surface area contributed by atoms with E-state index < -0.39 is 6.10 Å². The fourth-order valence-electron chi connectivity index (χ4n) is 1.62. The number of aromatic nitrogens is 1. The van der Waals surface area contributed by atoms with Crippen molar-refractivity contribution in [3.8, 4) is 5.88 Å². The number of aliphatic hydroxyl groups is 1. The summed E-state index contributed by atoms with van der Waals surface area (Å²) >= 11 is 0. The Kier molecular flexibility index (Phi) is 3.71. The van der Waals surface area contributed by atoms with Crippen LogP contribution in [0.15, 0.2) is 18.3 Å². The van der Waals surface area contributed by atoms with E-state index in [-0.39, 0.29) is 6.04 Å². The molecule has 0 unspecified atom stereocenters. The van der Waals surface area contributed by atoms with Gasteiger partial charge in [0.15, 0.2) is 0 Å². The first kappa shape index (κ1) is 11.3. The third-order valence-electron chi connectivity index (χ3n) is 2.63. The Morgan fingerprint density at radius 2 is 2.44 bits per heavy atom. The van der Waals surface area contributed by atoms with E-state index in [4.69, 9.17) is 9.47 Å². The smallest absolute Gasteiger partial charge is 0.212 e. The molecule has 1 aliphatic rings. The van der Waals surface area contributed by atoms with Crippen LogP contribution in [0.3, 0.4) is 0 Å². The Bertz CT molecular complexity index is 329. The molecule has 1 aromatic heterocycles. The van der Waals surface area contributed by atoms with Crippen molar-refractivity contribution in [1.29, 1.82) is 0 Å². The van der Waals surface area contributed by atoms with Gasteiger partial charge < -0.3 is 19.9 Å². The SMILES string of the molecule is COc1ccc(CN[C@@H]2COC[C@H]2O)cn1. The van der Waals surface area contributed by atoms with Crippen LogP contribution in [-0.2, 0) is 11.3 Å². The number of rotatable bonds is 4. The van der Waals surface area contributed by atoms with Crippen LogP contribution in [0.2, 0.25) is 0 Å². The molecule has 2 atom stereocenters. The number of nitrogens with zero attached hydrogens (tertiary/aromatic N) is 1. The molecule has 1 aromatic rings. The van der Waals surface area contributed by atoms with Crippen molar-refractivity contribution < 1.29 is 14.6 Å². The van der Waals surface area contributed by atoms with E-state index in [9.17, 15) is 5.11 Å². The van der Waals surface area contributed by atoms with Gasteiger partial charge in [0.2, 0.25) is 5.88 Å². The van der Waals surface area contributed by atoms with Crippen molar-refractivity contribution in [1.82, 2.24) is 10.3 Å². The van der Waals surface area contributed by atoms with Gasteiger partial charge in [-0.2, -0.15) is 0 Å². The van der Waals surface area contributed by atoms with Crippen LogP contribution in [0.4, 0.5) is 0 Å². The van der Waals surface area contributed by atoms with E-state index in [0.717, 1.165) is 5.56 Å². The quantitative estimate of drug-likeness (QED) is 0.750. The summed E-state index contributed by atoms with van der Waals surface area (Å²) in [4.78, 5) is 4.11. The standard InChI is InChI=1S/C11H16N2O3/c1-15-11-3-2-8(5-13-11)4-12-9-6-16-7-10(9)14/h2-3,5,9-10,12,14H,4,6-7H2,1H3/t9-,10-/m1/s1. The highest BCUT2D eigenvalue weighted by Gasteiger charge is 2.25. The molecule has 16 heavy (non-hydrogen) atoms. The predicted octanol–water partition coefficient (Wildman–Crippen LogP) is -0.0605. The predicted molar refractivity (Wildman–Crippen MR) is 58.2 cm³/mol. The summed E-state index contributed by atoms with van der Waals surface area (Å²) in [5.74, 6) is 0.605. The lowest BCUT2D eigenvalue weighted by Gasteiger charge is -2.14. The molecule has 0 aliphatic carbocycles. The number of nitrogens with one attached hydrogen (secondary N) is 1. The molecule has 2 heterocycles. The average Bonchev–Trinajstić information content (AvgIpc) is 2.73. The minimum atomic E-state index is -0.411. The first-order valence-electron chi connectivity index (χ1n) is 5.27. The van der Waals surface area contributed by atoms with E-state index >= 15 is 0 Å². The molecule has 5 nitrogen and oxygen atoms in total. The Hall–Kier alpha value is -1.17. The summed E-state index contributed by atoms with van der Waals surface area (Å²) in [5, 5.41) is 12.8. The van der Waals surface area contributed by atoms with Crippen LogP contribution in [0.5, 0.6) is 5.88 Å². The number of hydrogen-bond acceptors (Lipinski definition) is 5. The third kappa shape index (κ3) is 2.69. The zero-order chi connectivity index (χ0) is 11.4. The average molecular weight is 224 g/mol. The first-order valence-corrected chi connectivity index (χ1v) is 5.27. The molecule has 0 amide bonds. The molecule has 0 spiro atoms. The maximum Gasteiger partial charge on any atom is 0.212 e. The lowest BCUT2D eigenvalue weighted by Crippen LogP contribution is -2.38. The zero-order valence-corrected chi connectivity index (χ0v) is 9.22. The fraction of sp³-hybridized carbons (Fsp3) is 0.545. The number of pyridine rings is 1. The van der Waals surface area contributed by atoms with E-state index in [2.05, 4.69) is 10.3 Å². The van der Waals surface area contributed by atoms with Gasteiger partial charge in [0.1, 0.15) is 0 Å². The second-order valence-corrected chi connectivity index (χ2v) is 3.80. The van der Waals surface area contributed by atoms with E-state index in [1.165, 1.54) is 0 Å². The van der Waals surface area contributed by atoms with Gasteiger partial charge >= 0.3 is 0 Å². The van der Waals surface area contributed by atoms with Gasteiger partial charge in [0.05, 0.1) is 32.5 Å². The van der Waals surface area contributed by atoms with Crippen molar-refractivity contribution in [3.63, 3.8) is 0 Å². The molecule has 5 heteroatoms. The van der Waals surface area contributed by atoms with E-state index in [0.29, 0.717) is 25.6 Å². The number of aliphatic hydroxyl groups excluding tert-OH is 1. The summed E-state index contributed by atoms with van der Waals surface area (Å²) in [6.07, 6.45) is 1.35. The van der Waals surface area contributed by atoms with Gasteiger partial charge in [0.25, 0.3) is 0 Å². The summed E-state index contributed by atoms with van der Waals surface area (Å²) in [6.45, 7) is 1.64. The van der Waals surface area contributed by atoms with Crippen LogP contribution >= 0.6 is 0 Å². The van der Waals surface area contributed by atoms with Gasteiger partial charge in [-0.25, -0.2) is 4.98 Å². The van der Waals surface area contributed by atoms with E-state index in [1.54, 1.807) is 13.3 Å². The van der Waals surface area contributed by atoms with Crippen LogP contribution in [0.1, 0.15) is 5.56 Å². The Morgan fingerprint density at radius 3 is 3.00 bits per heavy atom. The van der Waals surface area contributed by atoms with Gasteiger partial charge in [-0.1, -0.05) is 6.07 Å². The largest absolute Gasteiger partial charge is 0.481 e. The highest BCUT2D eigenvalue weighted by Crippen LogP contribution is 2.09. The maximum atomic E-state index is 9.53. The molecule has 0 radical (unpaired) electrons. The third-order valence-corrected chi connectivity index (χ3v) is 2.63. The lowest BCUT2D eigenvalue weighted by molar-refractivity contribution is 0.122. The van der Waals surface area contributed by atoms with Crippen LogP contribution in [0.25, 0.3) is 0 Å². The van der Waals surface area contributed by atoms with E-state index in [1.807, 2.05) is 12.1 Å². The van der Waals surface area contributed by atoms with Crippen LogP contribution in [-0.4, -0.2) is 42.6 Å². The maximum absolute atomic E-state index is 9.53. The molecule has 1 saturated heterocycles. The molecule has 0 saturated carbocycles. The lowest BCUT2D eigenvalue weighted by atomic mass is 10.2. The first-order chi connectivity index (χ1) is 7.79. The normalized spacial score (nSPS) is 24.6. The van der Waals surface area contributed by atoms with Crippen LogP contribution < -0.4 is 10.1 Å². The van der Waals surface area contributed by atoms with Crippen molar-refractivity contribution in [3.05, 3.63) is 23.9 Å². The minimum Gasteiger partial charge on any atom is -0.481 e. The molecule has 2 N–H and O–H groups in total. The summed E-state index contributed by atoms with van der Waals surface area (Å²) in [7, 11) is 1.59.